The first-order chi connectivity index (χ1) is 11.4. The number of anilines is 1. The summed E-state index contributed by atoms with van der Waals surface area (Å²) in [5, 5.41) is 26.1. The summed E-state index contributed by atoms with van der Waals surface area (Å²) < 4.78 is 13.6. The highest BCUT2D eigenvalue weighted by Crippen LogP contribution is 2.24. The summed E-state index contributed by atoms with van der Waals surface area (Å²) in [6.45, 7) is -0.0667. The molecule has 2 aromatic carbocycles. The summed E-state index contributed by atoms with van der Waals surface area (Å²) in [5.41, 5.74) is 0.255. The van der Waals surface area contributed by atoms with E-state index in [1.165, 1.54) is 37.4 Å². The van der Waals surface area contributed by atoms with E-state index in [0.29, 0.717) is 5.69 Å². The molecule has 0 saturated heterocycles. The van der Waals surface area contributed by atoms with Crippen LogP contribution in [0.5, 0.6) is 0 Å². The van der Waals surface area contributed by atoms with Crippen molar-refractivity contribution in [3.05, 3.63) is 69.5 Å². The third-order valence-corrected chi connectivity index (χ3v) is 3.44. The Morgan fingerprint density at radius 1 is 1.33 bits per heavy atom. The van der Waals surface area contributed by atoms with Crippen LogP contribution in [-0.2, 0) is 0 Å². The number of hydrogen-bond acceptors (Lipinski definition) is 5. The largest absolute Gasteiger partial charge is 0.386 e. The van der Waals surface area contributed by atoms with Gasteiger partial charge in [-0.25, -0.2) is 4.39 Å². The van der Waals surface area contributed by atoms with Crippen molar-refractivity contribution < 1.29 is 19.2 Å². The molecule has 0 aliphatic heterocycles. The Hall–Kier alpha value is -3.00. The third kappa shape index (κ3) is 3.85. The summed E-state index contributed by atoms with van der Waals surface area (Å²) in [7, 11) is 1.40. The van der Waals surface area contributed by atoms with Gasteiger partial charge in [-0.1, -0.05) is 18.2 Å². The van der Waals surface area contributed by atoms with Crippen molar-refractivity contribution >= 4 is 17.3 Å². The van der Waals surface area contributed by atoms with Crippen LogP contribution in [0.3, 0.4) is 0 Å². The maximum Gasteiger partial charge on any atom is 0.270 e. The number of carbonyl (C=O) groups excluding carboxylic acids is 1. The molecule has 1 unspecified atom stereocenters. The summed E-state index contributed by atoms with van der Waals surface area (Å²) in [6.07, 6.45) is -1.14. The number of aliphatic hydroxyl groups excluding tert-OH is 1. The molecule has 1 atom stereocenters. The molecule has 0 saturated carbocycles. The first-order valence-corrected chi connectivity index (χ1v) is 7.11. The quantitative estimate of drug-likeness (QED) is 0.555. The van der Waals surface area contributed by atoms with Crippen LogP contribution in [0.15, 0.2) is 42.5 Å². The zero-order valence-corrected chi connectivity index (χ0v) is 12.8. The molecule has 3 N–H and O–H groups in total. The first kappa shape index (κ1) is 17.4. The molecule has 24 heavy (non-hydrogen) atoms. The molecule has 7 nitrogen and oxygen atoms in total. The fraction of sp³-hybridized carbons (Fsp3) is 0.188. The van der Waals surface area contributed by atoms with Crippen LogP contribution in [0.4, 0.5) is 15.8 Å². The number of amides is 1. The molecule has 0 spiro atoms. The highest BCUT2D eigenvalue weighted by molar-refractivity contribution is 6.00. The second kappa shape index (κ2) is 7.51. The normalized spacial score (nSPS) is 11.6. The number of hydrogen-bond donors (Lipinski definition) is 3. The van der Waals surface area contributed by atoms with Gasteiger partial charge >= 0.3 is 0 Å². The van der Waals surface area contributed by atoms with Crippen molar-refractivity contribution in [3.63, 3.8) is 0 Å². The van der Waals surface area contributed by atoms with Crippen molar-refractivity contribution in [3.8, 4) is 0 Å². The lowest BCUT2D eigenvalue weighted by atomic mass is 10.1. The summed E-state index contributed by atoms with van der Waals surface area (Å²) in [6, 6.07) is 9.55. The summed E-state index contributed by atoms with van der Waals surface area (Å²) in [4.78, 5) is 22.1. The molecule has 0 radical (unpaired) electrons. The molecular formula is C16H16FN3O4. The van der Waals surface area contributed by atoms with Gasteiger partial charge in [0.25, 0.3) is 11.6 Å². The molecule has 0 aliphatic carbocycles. The number of rotatable bonds is 6. The minimum atomic E-state index is -1.14. The highest BCUT2D eigenvalue weighted by atomic mass is 19.1. The van der Waals surface area contributed by atoms with E-state index in [9.17, 15) is 24.4 Å². The van der Waals surface area contributed by atoms with Crippen LogP contribution in [-0.4, -0.2) is 29.5 Å². The second-order valence-electron chi connectivity index (χ2n) is 4.98. The molecule has 126 valence electrons. The van der Waals surface area contributed by atoms with Gasteiger partial charge in [0.05, 0.1) is 16.6 Å². The Bertz CT molecular complexity index is 767. The van der Waals surface area contributed by atoms with E-state index < -0.39 is 22.8 Å². The molecule has 2 aromatic rings. The minimum absolute atomic E-state index is 0.0624. The van der Waals surface area contributed by atoms with E-state index in [-0.39, 0.29) is 23.4 Å². The Balaban J connectivity index is 2.21. The number of nitrogens with zero attached hydrogens (tertiary/aromatic N) is 1. The average molecular weight is 333 g/mol. The number of nitro benzene ring substituents is 1. The minimum Gasteiger partial charge on any atom is -0.386 e. The summed E-state index contributed by atoms with van der Waals surface area (Å²) >= 11 is 0. The van der Waals surface area contributed by atoms with Crippen LogP contribution in [0.25, 0.3) is 0 Å². The van der Waals surface area contributed by atoms with E-state index in [0.717, 1.165) is 6.07 Å². The molecule has 0 bridgehead atoms. The Kier molecular flexibility index (Phi) is 5.43. The van der Waals surface area contributed by atoms with Crippen molar-refractivity contribution in [2.24, 2.45) is 0 Å². The smallest absolute Gasteiger partial charge is 0.270 e. The Labute approximate surface area is 137 Å². The van der Waals surface area contributed by atoms with Gasteiger partial charge in [0, 0.05) is 37.0 Å². The van der Waals surface area contributed by atoms with Crippen LogP contribution in [0.1, 0.15) is 22.0 Å². The maximum absolute atomic E-state index is 13.6. The highest BCUT2D eigenvalue weighted by Gasteiger charge is 2.17. The zero-order chi connectivity index (χ0) is 17.7. The van der Waals surface area contributed by atoms with Crippen molar-refractivity contribution in [1.29, 1.82) is 0 Å². The molecule has 2 rings (SSSR count). The number of benzene rings is 2. The lowest BCUT2D eigenvalue weighted by molar-refractivity contribution is -0.384. The van der Waals surface area contributed by atoms with Gasteiger partial charge in [-0.3, -0.25) is 14.9 Å². The lowest BCUT2D eigenvalue weighted by Crippen LogP contribution is -2.21. The van der Waals surface area contributed by atoms with E-state index in [1.54, 1.807) is 6.07 Å². The Morgan fingerprint density at radius 2 is 2.04 bits per heavy atom. The fourth-order valence-corrected chi connectivity index (χ4v) is 2.18. The standard InChI is InChI=1S/C16H16FN3O4/c1-18-16(22)12-8-10(20(23)24)6-7-14(12)19-9-15(21)11-4-2-3-5-13(11)17/h2-8,15,19,21H,9H2,1H3,(H,18,22). The van der Waals surface area contributed by atoms with E-state index >= 15 is 0 Å². The molecular weight excluding hydrogens is 317 g/mol. The average Bonchev–Trinajstić information content (AvgIpc) is 2.59. The van der Waals surface area contributed by atoms with Crippen LogP contribution in [0, 0.1) is 15.9 Å². The van der Waals surface area contributed by atoms with Gasteiger partial charge in [0.2, 0.25) is 0 Å². The van der Waals surface area contributed by atoms with Gasteiger partial charge in [0.15, 0.2) is 0 Å². The second-order valence-corrected chi connectivity index (χ2v) is 4.98. The van der Waals surface area contributed by atoms with Gasteiger partial charge in [0.1, 0.15) is 5.82 Å². The molecule has 0 aliphatic rings. The SMILES string of the molecule is CNC(=O)c1cc([N+](=O)[O-])ccc1NCC(O)c1ccccc1F. The van der Waals surface area contributed by atoms with Gasteiger partial charge in [-0.15, -0.1) is 0 Å². The van der Waals surface area contributed by atoms with Gasteiger partial charge in [-0.2, -0.15) is 0 Å². The van der Waals surface area contributed by atoms with Crippen molar-refractivity contribution in [2.75, 3.05) is 18.9 Å². The van der Waals surface area contributed by atoms with Crippen molar-refractivity contribution in [1.82, 2.24) is 5.32 Å². The molecule has 8 heteroatoms. The fourth-order valence-electron chi connectivity index (χ4n) is 2.18. The molecule has 1 amide bonds. The zero-order valence-electron chi connectivity index (χ0n) is 12.8. The van der Waals surface area contributed by atoms with E-state index in [2.05, 4.69) is 10.6 Å². The maximum atomic E-state index is 13.6. The number of nitro groups is 1. The number of halogens is 1. The van der Waals surface area contributed by atoms with E-state index in [1.807, 2.05) is 0 Å². The predicted molar refractivity (Wildman–Crippen MR) is 86.3 cm³/mol. The lowest BCUT2D eigenvalue weighted by Gasteiger charge is -2.16. The topological polar surface area (TPSA) is 104 Å². The Morgan fingerprint density at radius 3 is 2.67 bits per heavy atom. The van der Waals surface area contributed by atoms with Crippen LogP contribution in [0.2, 0.25) is 0 Å². The molecule has 0 fully saturated rings. The number of aliphatic hydroxyl groups is 1. The van der Waals surface area contributed by atoms with Crippen LogP contribution < -0.4 is 10.6 Å². The third-order valence-electron chi connectivity index (χ3n) is 3.44. The number of non-ortho nitro benzene ring substituents is 1. The monoisotopic (exact) mass is 333 g/mol. The molecule has 0 aromatic heterocycles. The number of carbonyl (C=O) groups is 1. The van der Waals surface area contributed by atoms with Crippen LogP contribution >= 0.6 is 0 Å². The van der Waals surface area contributed by atoms with E-state index in [4.69, 9.17) is 0 Å². The number of nitrogens with one attached hydrogen (secondary N) is 2. The first-order valence-electron chi connectivity index (χ1n) is 7.11. The van der Waals surface area contributed by atoms with Gasteiger partial charge in [-0.05, 0) is 12.1 Å². The van der Waals surface area contributed by atoms with Gasteiger partial charge < -0.3 is 15.7 Å². The molecule has 0 heterocycles. The van der Waals surface area contributed by atoms with Crippen molar-refractivity contribution in [2.45, 2.75) is 6.10 Å². The predicted octanol–water partition coefficient (Wildman–Crippen LogP) is 2.24. The summed E-state index contributed by atoms with van der Waals surface area (Å²) in [5.74, 6) is -1.05.